The van der Waals surface area contributed by atoms with Crippen molar-refractivity contribution in [3.05, 3.63) is 82.3 Å². The first-order valence-corrected chi connectivity index (χ1v) is 12.5. The zero-order valence-electron chi connectivity index (χ0n) is 21.0. The van der Waals surface area contributed by atoms with E-state index < -0.39 is 0 Å². The lowest BCUT2D eigenvalue weighted by Gasteiger charge is -2.26. The van der Waals surface area contributed by atoms with Gasteiger partial charge in [0, 0.05) is 51.5 Å². The summed E-state index contributed by atoms with van der Waals surface area (Å²) in [6.45, 7) is 1.53. The Hall–Kier alpha value is -3.57. The maximum atomic E-state index is 13.3. The second-order valence-electron chi connectivity index (χ2n) is 8.79. The maximum absolute atomic E-state index is 13.3. The van der Waals surface area contributed by atoms with Gasteiger partial charge >= 0.3 is 6.03 Å². The number of nitrogens with zero attached hydrogens (tertiary/aromatic N) is 4. The maximum Gasteiger partial charge on any atom is 0.326 e. The summed E-state index contributed by atoms with van der Waals surface area (Å²) in [6.07, 6.45) is 0.398. The van der Waals surface area contributed by atoms with Gasteiger partial charge in [0.15, 0.2) is 0 Å². The zero-order valence-corrected chi connectivity index (χ0v) is 22.6. The standard InChI is InChI=1S/C28H29Cl2N5O2/c1-33(2)27(36)13-14-34(3)15-16-35(28(37)32-23-9-12-25(29)26(30)18-23)24-10-7-21(8-11-24)22-6-4-5-20(17-22)19-31/h4-12,17-18H,13-16H2,1-3H3,(H,32,37). The summed E-state index contributed by atoms with van der Waals surface area (Å²) < 4.78 is 0. The molecule has 0 aliphatic rings. The molecule has 0 aromatic heterocycles. The largest absolute Gasteiger partial charge is 0.349 e. The van der Waals surface area contributed by atoms with Crippen molar-refractivity contribution in [2.75, 3.05) is 51.0 Å². The van der Waals surface area contributed by atoms with Gasteiger partial charge in [-0.05, 0) is 60.6 Å². The highest BCUT2D eigenvalue weighted by Crippen LogP contribution is 2.27. The number of hydrogen-bond donors (Lipinski definition) is 1. The molecule has 0 aliphatic heterocycles. The molecule has 3 aromatic carbocycles. The zero-order chi connectivity index (χ0) is 26.9. The number of urea groups is 1. The molecule has 0 atom stereocenters. The van der Waals surface area contributed by atoms with Crippen LogP contribution in [-0.2, 0) is 4.79 Å². The van der Waals surface area contributed by atoms with Gasteiger partial charge in [-0.2, -0.15) is 5.26 Å². The molecule has 9 heteroatoms. The first-order chi connectivity index (χ1) is 17.7. The molecule has 37 heavy (non-hydrogen) atoms. The van der Waals surface area contributed by atoms with Crippen LogP contribution in [0.25, 0.3) is 11.1 Å². The normalized spacial score (nSPS) is 10.6. The molecule has 0 aliphatic carbocycles. The van der Waals surface area contributed by atoms with Gasteiger partial charge in [0.2, 0.25) is 5.91 Å². The van der Waals surface area contributed by atoms with E-state index in [2.05, 4.69) is 11.4 Å². The van der Waals surface area contributed by atoms with E-state index in [-0.39, 0.29) is 11.9 Å². The highest BCUT2D eigenvalue weighted by Gasteiger charge is 2.18. The molecular formula is C28H29Cl2N5O2. The third kappa shape index (κ3) is 7.96. The Morgan fingerprint density at radius 1 is 0.865 bits per heavy atom. The molecule has 0 heterocycles. The molecule has 0 fully saturated rings. The third-order valence-electron chi connectivity index (χ3n) is 5.83. The van der Waals surface area contributed by atoms with Crippen LogP contribution >= 0.6 is 23.2 Å². The highest BCUT2D eigenvalue weighted by molar-refractivity contribution is 6.42. The average molecular weight is 538 g/mol. The van der Waals surface area contributed by atoms with E-state index >= 15 is 0 Å². The minimum atomic E-state index is -0.324. The minimum absolute atomic E-state index is 0.0529. The smallest absolute Gasteiger partial charge is 0.326 e. The molecule has 3 rings (SSSR count). The van der Waals surface area contributed by atoms with Gasteiger partial charge in [-0.1, -0.05) is 47.5 Å². The summed E-state index contributed by atoms with van der Waals surface area (Å²) >= 11 is 12.1. The minimum Gasteiger partial charge on any atom is -0.349 e. The summed E-state index contributed by atoms with van der Waals surface area (Å²) in [5, 5.41) is 12.8. The molecule has 1 N–H and O–H groups in total. The molecular weight excluding hydrogens is 509 g/mol. The number of carbonyl (C=O) groups is 2. The number of halogens is 2. The lowest BCUT2D eigenvalue weighted by atomic mass is 10.0. The van der Waals surface area contributed by atoms with Crippen LogP contribution in [0.15, 0.2) is 66.7 Å². The molecule has 0 spiro atoms. The Morgan fingerprint density at radius 2 is 1.59 bits per heavy atom. The van der Waals surface area contributed by atoms with Gasteiger partial charge < -0.3 is 15.1 Å². The molecule has 0 unspecified atom stereocenters. The number of nitriles is 1. The number of carbonyl (C=O) groups excluding carboxylic acids is 2. The van der Waals surface area contributed by atoms with E-state index in [1.165, 1.54) is 0 Å². The Labute approximate surface area is 227 Å². The SMILES string of the molecule is CN(CCC(=O)N(C)C)CCN(C(=O)Nc1ccc(Cl)c(Cl)c1)c1ccc(-c2cccc(C#N)c2)cc1. The van der Waals surface area contributed by atoms with Crippen LogP contribution in [0.3, 0.4) is 0 Å². The fraction of sp³-hybridized carbons (Fsp3) is 0.250. The van der Waals surface area contributed by atoms with E-state index in [0.717, 1.165) is 11.1 Å². The van der Waals surface area contributed by atoms with Gasteiger partial charge in [-0.15, -0.1) is 0 Å². The van der Waals surface area contributed by atoms with Crippen LogP contribution in [-0.4, -0.2) is 62.5 Å². The Balaban J connectivity index is 1.79. The van der Waals surface area contributed by atoms with E-state index in [9.17, 15) is 14.9 Å². The fourth-order valence-electron chi connectivity index (χ4n) is 3.61. The molecule has 0 radical (unpaired) electrons. The molecule has 3 amide bonds. The summed E-state index contributed by atoms with van der Waals surface area (Å²) in [5.74, 6) is 0.0529. The van der Waals surface area contributed by atoms with Crippen molar-refractivity contribution < 1.29 is 9.59 Å². The summed E-state index contributed by atoms with van der Waals surface area (Å²) in [6, 6.07) is 21.7. The Morgan fingerprint density at radius 3 is 2.24 bits per heavy atom. The predicted molar refractivity (Wildman–Crippen MR) is 150 cm³/mol. The van der Waals surface area contributed by atoms with Gasteiger partial charge in [-0.3, -0.25) is 9.69 Å². The van der Waals surface area contributed by atoms with Crippen molar-refractivity contribution in [2.24, 2.45) is 0 Å². The molecule has 0 bridgehead atoms. The summed E-state index contributed by atoms with van der Waals surface area (Å²) in [7, 11) is 5.39. The predicted octanol–water partition coefficient (Wildman–Crippen LogP) is 5.98. The third-order valence-corrected chi connectivity index (χ3v) is 6.57. The van der Waals surface area contributed by atoms with Crippen LogP contribution in [0, 0.1) is 11.3 Å². The van der Waals surface area contributed by atoms with Crippen molar-refractivity contribution in [1.82, 2.24) is 9.80 Å². The fourth-order valence-corrected chi connectivity index (χ4v) is 3.91. The quantitative estimate of drug-likeness (QED) is 0.364. The Kier molecular flexibility index (Phi) is 9.93. The monoisotopic (exact) mass is 537 g/mol. The number of benzene rings is 3. The van der Waals surface area contributed by atoms with Crippen molar-refractivity contribution >= 4 is 46.5 Å². The van der Waals surface area contributed by atoms with Gasteiger partial charge in [-0.25, -0.2) is 4.79 Å². The number of anilines is 2. The second-order valence-corrected chi connectivity index (χ2v) is 9.61. The van der Waals surface area contributed by atoms with Gasteiger partial charge in [0.1, 0.15) is 0 Å². The average Bonchev–Trinajstić information content (AvgIpc) is 2.89. The van der Waals surface area contributed by atoms with Crippen LogP contribution in [0.1, 0.15) is 12.0 Å². The first kappa shape index (κ1) is 28.0. The molecule has 0 saturated carbocycles. The van der Waals surface area contributed by atoms with Crippen molar-refractivity contribution in [3.8, 4) is 17.2 Å². The van der Waals surface area contributed by atoms with Crippen molar-refractivity contribution in [2.45, 2.75) is 6.42 Å². The number of likely N-dealkylation sites (N-methyl/N-ethyl adjacent to an activating group) is 1. The van der Waals surface area contributed by atoms with Crippen LogP contribution < -0.4 is 10.2 Å². The van der Waals surface area contributed by atoms with Crippen LogP contribution in [0.2, 0.25) is 10.0 Å². The van der Waals surface area contributed by atoms with Gasteiger partial charge in [0.25, 0.3) is 0 Å². The van der Waals surface area contributed by atoms with E-state index in [4.69, 9.17) is 23.2 Å². The number of amides is 3. The van der Waals surface area contributed by atoms with Gasteiger partial charge in [0.05, 0.1) is 21.7 Å². The molecule has 0 saturated heterocycles. The van der Waals surface area contributed by atoms with Crippen LogP contribution in [0.4, 0.5) is 16.2 Å². The Bertz CT molecular complexity index is 1290. The first-order valence-electron chi connectivity index (χ1n) is 11.7. The number of rotatable bonds is 9. The highest BCUT2D eigenvalue weighted by atomic mass is 35.5. The topological polar surface area (TPSA) is 79.7 Å². The summed E-state index contributed by atoms with van der Waals surface area (Å²) in [5.41, 5.74) is 3.67. The molecule has 192 valence electrons. The molecule has 7 nitrogen and oxygen atoms in total. The second kappa shape index (κ2) is 13.1. The molecule has 3 aromatic rings. The number of hydrogen-bond acceptors (Lipinski definition) is 4. The van der Waals surface area contributed by atoms with Crippen LogP contribution in [0.5, 0.6) is 0 Å². The van der Waals surface area contributed by atoms with E-state index in [1.54, 1.807) is 48.2 Å². The lowest BCUT2D eigenvalue weighted by Crippen LogP contribution is -2.41. The van der Waals surface area contributed by atoms with Crippen molar-refractivity contribution in [1.29, 1.82) is 5.26 Å². The van der Waals surface area contributed by atoms with E-state index in [0.29, 0.717) is 53.0 Å². The number of nitrogens with one attached hydrogen (secondary N) is 1. The van der Waals surface area contributed by atoms with Crippen molar-refractivity contribution in [3.63, 3.8) is 0 Å². The summed E-state index contributed by atoms with van der Waals surface area (Å²) in [4.78, 5) is 30.5. The lowest BCUT2D eigenvalue weighted by molar-refractivity contribution is -0.128. The van der Waals surface area contributed by atoms with E-state index in [1.807, 2.05) is 54.4 Å².